The Morgan fingerprint density at radius 1 is 1.17 bits per heavy atom. The lowest BCUT2D eigenvalue weighted by atomic mass is 10.1. The van der Waals surface area contributed by atoms with E-state index in [-0.39, 0.29) is 0 Å². The van der Waals surface area contributed by atoms with Crippen molar-refractivity contribution in [2.24, 2.45) is 0 Å². The number of rotatable bonds is 5. The largest absolute Gasteiger partial charge is 0.497 e. The third kappa shape index (κ3) is 2.91. The van der Waals surface area contributed by atoms with Gasteiger partial charge in [0.05, 0.1) is 29.8 Å². The minimum atomic E-state index is 0.659. The summed E-state index contributed by atoms with van der Waals surface area (Å²) >= 11 is 0. The Hall–Kier alpha value is -2.80. The van der Waals surface area contributed by atoms with Crippen LogP contribution in [0.1, 0.15) is 25.3 Å². The Morgan fingerprint density at radius 2 is 1.96 bits per heavy atom. The lowest BCUT2D eigenvalue weighted by molar-refractivity contribution is 0.415. The Morgan fingerprint density at radius 3 is 2.61 bits per heavy atom. The number of unbranched alkanes of at least 4 members (excludes halogenated alkanes) is 1. The van der Waals surface area contributed by atoms with Crippen LogP contribution in [0, 0.1) is 11.3 Å². The van der Waals surface area contributed by atoms with Crippen molar-refractivity contribution in [3.8, 4) is 23.2 Å². The minimum absolute atomic E-state index is 0.659. The lowest BCUT2D eigenvalue weighted by Gasteiger charge is -2.09. The van der Waals surface area contributed by atoms with Crippen molar-refractivity contribution in [2.75, 3.05) is 7.11 Å². The van der Waals surface area contributed by atoms with Crippen LogP contribution in [0.25, 0.3) is 22.4 Å². The Bertz CT molecular complexity index is 857. The predicted molar refractivity (Wildman–Crippen MR) is 91.3 cm³/mol. The summed E-state index contributed by atoms with van der Waals surface area (Å²) in [5, 5.41) is 8.96. The molecule has 0 unspecified atom stereocenters. The molecule has 4 nitrogen and oxygen atoms in total. The van der Waals surface area contributed by atoms with Gasteiger partial charge in [-0.3, -0.25) is 0 Å². The second kappa shape index (κ2) is 6.53. The van der Waals surface area contributed by atoms with Crippen molar-refractivity contribution >= 4 is 11.0 Å². The Kier molecular flexibility index (Phi) is 4.29. The van der Waals surface area contributed by atoms with E-state index < -0.39 is 0 Å². The molecule has 3 rings (SSSR count). The topological polar surface area (TPSA) is 50.8 Å². The number of imidazole rings is 1. The summed E-state index contributed by atoms with van der Waals surface area (Å²) in [6.07, 6.45) is 2.23. The maximum atomic E-state index is 8.96. The van der Waals surface area contributed by atoms with Gasteiger partial charge in [-0.2, -0.15) is 5.26 Å². The molecule has 0 fully saturated rings. The molecule has 0 spiro atoms. The van der Waals surface area contributed by atoms with Crippen molar-refractivity contribution in [3.63, 3.8) is 0 Å². The van der Waals surface area contributed by atoms with E-state index in [2.05, 4.69) is 23.6 Å². The fourth-order valence-corrected chi connectivity index (χ4v) is 2.69. The molecule has 1 heterocycles. The first-order valence-electron chi connectivity index (χ1n) is 7.81. The van der Waals surface area contributed by atoms with Crippen LogP contribution in [0.5, 0.6) is 5.75 Å². The van der Waals surface area contributed by atoms with Gasteiger partial charge in [-0.1, -0.05) is 13.3 Å². The van der Waals surface area contributed by atoms with Crippen LogP contribution in [-0.2, 0) is 6.54 Å². The van der Waals surface area contributed by atoms with Crippen LogP contribution in [0.2, 0.25) is 0 Å². The van der Waals surface area contributed by atoms with Gasteiger partial charge < -0.3 is 9.30 Å². The average Bonchev–Trinajstić information content (AvgIpc) is 2.97. The number of ether oxygens (including phenoxy) is 1. The normalized spacial score (nSPS) is 10.7. The van der Waals surface area contributed by atoms with Crippen LogP contribution in [0.4, 0.5) is 0 Å². The second-order valence-corrected chi connectivity index (χ2v) is 5.48. The molecule has 1 aromatic heterocycles. The van der Waals surface area contributed by atoms with E-state index in [1.165, 1.54) is 0 Å². The highest BCUT2D eigenvalue weighted by Crippen LogP contribution is 2.28. The summed E-state index contributed by atoms with van der Waals surface area (Å²) in [6, 6.07) is 15.7. The van der Waals surface area contributed by atoms with Crippen LogP contribution in [0.15, 0.2) is 42.5 Å². The highest BCUT2D eigenvalue weighted by atomic mass is 16.5. The third-order valence-electron chi connectivity index (χ3n) is 3.96. The van der Waals surface area contributed by atoms with E-state index in [4.69, 9.17) is 15.0 Å². The standard InChI is InChI=1S/C19H19N3O/c1-3-4-11-22-18-10-9-16(23-2)12-17(18)21-19(22)15-7-5-14(13-20)6-8-15/h5-10,12H,3-4,11H2,1-2H3. The van der Waals surface area contributed by atoms with Gasteiger partial charge in [-0.25, -0.2) is 4.98 Å². The molecule has 0 atom stereocenters. The molecule has 23 heavy (non-hydrogen) atoms. The Balaban J connectivity index is 2.14. The van der Waals surface area contributed by atoms with Crippen LogP contribution in [0.3, 0.4) is 0 Å². The van der Waals surface area contributed by atoms with Gasteiger partial charge >= 0.3 is 0 Å². The zero-order valence-electron chi connectivity index (χ0n) is 13.4. The predicted octanol–water partition coefficient (Wildman–Crippen LogP) is 4.38. The van der Waals surface area contributed by atoms with E-state index in [1.807, 2.05) is 36.4 Å². The van der Waals surface area contributed by atoms with E-state index in [0.717, 1.165) is 47.6 Å². The first-order valence-corrected chi connectivity index (χ1v) is 7.81. The highest BCUT2D eigenvalue weighted by Gasteiger charge is 2.13. The summed E-state index contributed by atoms with van der Waals surface area (Å²) in [5.41, 5.74) is 3.72. The Labute approximate surface area is 136 Å². The number of fused-ring (bicyclic) bond motifs is 1. The number of benzene rings is 2. The first kappa shape index (κ1) is 15.1. The zero-order valence-corrected chi connectivity index (χ0v) is 13.4. The van der Waals surface area contributed by atoms with Crippen molar-refractivity contribution in [1.29, 1.82) is 5.26 Å². The van der Waals surface area contributed by atoms with E-state index in [9.17, 15) is 0 Å². The number of hydrogen-bond acceptors (Lipinski definition) is 3. The first-order chi connectivity index (χ1) is 11.3. The lowest BCUT2D eigenvalue weighted by Crippen LogP contribution is -2.00. The number of nitriles is 1. The van der Waals surface area contributed by atoms with Crippen molar-refractivity contribution < 1.29 is 4.74 Å². The van der Waals surface area contributed by atoms with Gasteiger partial charge in [0.2, 0.25) is 0 Å². The zero-order chi connectivity index (χ0) is 16.2. The fraction of sp³-hybridized carbons (Fsp3) is 0.263. The molecule has 2 aromatic carbocycles. The minimum Gasteiger partial charge on any atom is -0.497 e. The summed E-state index contributed by atoms with van der Waals surface area (Å²) < 4.78 is 7.55. The molecule has 0 amide bonds. The number of hydrogen-bond donors (Lipinski definition) is 0. The smallest absolute Gasteiger partial charge is 0.141 e. The molecule has 116 valence electrons. The van der Waals surface area contributed by atoms with Crippen LogP contribution in [-0.4, -0.2) is 16.7 Å². The molecule has 0 aliphatic heterocycles. The number of aryl methyl sites for hydroxylation is 1. The maximum absolute atomic E-state index is 8.96. The fourth-order valence-electron chi connectivity index (χ4n) is 2.69. The monoisotopic (exact) mass is 305 g/mol. The molecular weight excluding hydrogens is 286 g/mol. The van der Waals surface area contributed by atoms with Crippen molar-refractivity contribution in [2.45, 2.75) is 26.3 Å². The molecule has 0 saturated carbocycles. The quantitative estimate of drug-likeness (QED) is 0.702. The van der Waals surface area contributed by atoms with Gasteiger partial charge in [0.1, 0.15) is 11.6 Å². The van der Waals surface area contributed by atoms with Gasteiger partial charge in [-0.15, -0.1) is 0 Å². The van der Waals surface area contributed by atoms with Gasteiger partial charge in [0.25, 0.3) is 0 Å². The number of nitrogens with zero attached hydrogens (tertiary/aromatic N) is 3. The van der Waals surface area contributed by atoms with Crippen LogP contribution < -0.4 is 4.74 Å². The SMILES string of the molecule is CCCCn1c(-c2ccc(C#N)cc2)nc2cc(OC)ccc21. The number of methoxy groups -OCH3 is 1. The highest BCUT2D eigenvalue weighted by molar-refractivity contribution is 5.82. The third-order valence-corrected chi connectivity index (χ3v) is 3.96. The van der Waals surface area contributed by atoms with E-state index in [0.29, 0.717) is 5.56 Å². The molecule has 0 saturated heterocycles. The van der Waals surface area contributed by atoms with Crippen molar-refractivity contribution in [1.82, 2.24) is 9.55 Å². The van der Waals surface area contributed by atoms with Crippen LogP contribution >= 0.6 is 0 Å². The van der Waals surface area contributed by atoms with Gasteiger partial charge in [-0.05, 0) is 42.8 Å². The van der Waals surface area contributed by atoms with Crippen molar-refractivity contribution in [3.05, 3.63) is 48.0 Å². The maximum Gasteiger partial charge on any atom is 0.141 e. The molecule has 0 aliphatic carbocycles. The van der Waals surface area contributed by atoms with Gasteiger partial charge in [0.15, 0.2) is 0 Å². The summed E-state index contributed by atoms with van der Waals surface area (Å²) in [5.74, 6) is 1.75. The summed E-state index contributed by atoms with van der Waals surface area (Å²) in [4.78, 5) is 4.80. The molecule has 0 bridgehead atoms. The van der Waals surface area contributed by atoms with Gasteiger partial charge in [0, 0.05) is 18.2 Å². The second-order valence-electron chi connectivity index (χ2n) is 5.48. The molecule has 0 aliphatic rings. The molecular formula is C19H19N3O. The number of aromatic nitrogens is 2. The molecule has 4 heteroatoms. The average molecular weight is 305 g/mol. The molecule has 0 radical (unpaired) electrons. The van der Waals surface area contributed by atoms with E-state index in [1.54, 1.807) is 7.11 Å². The molecule has 3 aromatic rings. The summed E-state index contributed by atoms with van der Waals surface area (Å²) in [6.45, 7) is 3.11. The van der Waals surface area contributed by atoms with E-state index >= 15 is 0 Å². The summed E-state index contributed by atoms with van der Waals surface area (Å²) in [7, 11) is 1.66. The molecule has 0 N–H and O–H groups in total.